The van der Waals surface area contributed by atoms with E-state index in [1.807, 2.05) is 12.1 Å². The molecule has 0 spiro atoms. The van der Waals surface area contributed by atoms with E-state index >= 15 is 0 Å². The molecule has 0 aliphatic rings. The molecular weight excluding hydrogens is 334 g/mol. The molecule has 4 rings (SSSR count). The standard InChI is InChI=1S/C18H19N5O3/c1-3-22(8-9-25-2)18-12-10-15(26-14(12)6-7-19-18)13-11-20-16-4-5-17(24)21-23(13)16/h4-7,10-11H,3,8-9H2,1-2H3,(H,21,24). The van der Waals surface area contributed by atoms with Crippen LogP contribution in [-0.2, 0) is 4.74 Å². The van der Waals surface area contributed by atoms with Crippen molar-refractivity contribution in [2.75, 3.05) is 31.7 Å². The van der Waals surface area contributed by atoms with Gasteiger partial charge in [-0.05, 0) is 25.1 Å². The van der Waals surface area contributed by atoms with Crippen LogP contribution in [0.2, 0.25) is 0 Å². The number of hydrogen-bond donors (Lipinski definition) is 1. The maximum atomic E-state index is 11.7. The van der Waals surface area contributed by atoms with Gasteiger partial charge in [-0.1, -0.05) is 0 Å². The van der Waals surface area contributed by atoms with E-state index in [4.69, 9.17) is 9.15 Å². The molecule has 0 aliphatic carbocycles. The largest absolute Gasteiger partial charge is 0.454 e. The smallest absolute Gasteiger partial charge is 0.263 e. The second-order valence-electron chi connectivity index (χ2n) is 5.88. The minimum atomic E-state index is -0.202. The van der Waals surface area contributed by atoms with E-state index < -0.39 is 0 Å². The summed E-state index contributed by atoms with van der Waals surface area (Å²) in [5.41, 5.74) is 1.86. The Bertz CT molecular complexity index is 1110. The summed E-state index contributed by atoms with van der Waals surface area (Å²) in [6.07, 6.45) is 3.41. The van der Waals surface area contributed by atoms with Crippen molar-refractivity contribution in [3.05, 3.63) is 47.0 Å². The number of likely N-dealkylation sites (N-methyl/N-ethyl adjacent to an activating group) is 1. The van der Waals surface area contributed by atoms with E-state index in [0.717, 1.165) is 29.9 Å². The van der Waals surface area contributed by atoms with Gasteiger partial charge in [0.25, 0.3) is 5.56 Å². The minimum absolute atomic E-state index is 0.202. The quantitative estimate of drug-likeness (QED) is 0.572. The van der Waals surface area contributed by atoms with E-state index in [1.54, 1.807) is 30.1 Å². The van der Waals surface area contributed by atoms with E-state index in [2.05, 4.69) is 26.9 Å². The van der Waals surface area contributed by atoms with Crippen LogP contribution in [0.1, 0.15) is 6.92 Å². The third-order valence-electron chi connectivity index (χ3n) is 4.32. The maximum Gasteiger partial charge on any atom is 0.263 e. The number of nitrogens with one attached hydrogen (secondary N) is 1. The molecule has 0 aliphatic heterocycles. The number of aromatic amines is 1. The maximum absolute atomic E-state index is 11.7. The van der Waals surface area contributed by atoms with Crippen LogP contribution >= 0.6 is 0 Å². The van der Waals surface area contributed by atoms with Gasteiger partial charge in [0.1, 0.15) is 17.1 Å². The molecule has 0 fully saturated rings. The van der Waals surface area contributed by atoms with Crippen molar-refractivity contribution in [1.82, 2.24) is 19.6 Å². The van der Waals surface area contributed by atoms with Gasteiger partial charge in [-0.2, -0.15) is 0 Å². The average Bonchev–Trinajstić information content (AvgIpc) is 3.25. The number of aromatic nitrogens is 4. The Morgan fingerprint density at radius 3 is 3.00 bits per heavy atom. The summed E-state index contributed by atoms with van der Waals surface area (Å²) in [6, 6.07) is 6.88. The number of pyridine rings is 1. The number of nitrogens with zero attached hydrogens (tertiary/aromatic N) is 4. The highest BCUT2D eigenvalue weighted by Crippen LogP contribution is 2.32. The molecule has 0 saturated heterocycles. The van der Waals surface area contributed by atoms with Crippen molar-refractivity contribution in [1.29, 1.82) is 0 Å². The molecule has 134 valence electrons. The molecule has 0 atom stereocenters. The Labute approximate surface area is 149 Å². The monoisotopic (exact) mass is 353 g/mol. The summed E-state index contributed by atoms with van der Waals surface area (Å²) in [5.74, 6) is 1.46. The molecule has 8 heteroatoms. The molecule has 0 unspecified atom stereocenters. The van der Waals surface area contributed by atoms with Crippen LogP contribution < -0.4 is 10.5 Å². The van der Waals surface area contributed by atoms with E-state index in [1.165, 1.54) is 6.07 Å². The topological polar surface area (TPSA) is 88.7 Å². The van der Waals surface area contributed by atoms with Gasteiger partial charge in [0.05, 0.1) is 18.2 Å². The summed E-state index contributed by atoms with van der Waals surface area (Å²) in [5, 5.41) is 3.66. The summed E-state index contributed by atoms with van der Waals surface area (Å²) in [6.45, 7) is 4.24. The zero-order valence-electron chi connectivity index (χ0n) is 14.6. The summed E-state index contributed by atoms with van der Waals surface area (Å²) in [4.78, 5) is 22.6. The lowest BCUT2D eigenvalue weighted by Crippen LogP contribution is -2.27. The van der Waals surface area contributed by atoms with Gasteiger partial charge < -0.3 is 14.1 Å². The predicted octanol–water partition coefficient (Wildman–Crippen LogP) is 2.30. The van der Waals surface area contributed by atoms with Crippen molar-refractivity contribution in [3.8, 4) is 11.5 Å². The molecule has 0 bridgehead atoms. The fourth-order valence-electron chi connectivity index (χ4n) is 3.01. The van der Waals surface area contributed by atoms with Crippen molar-refractivity contribution in [2.24, 2.45) is 0 Å². The van der Waals surface area contributed by atoms with Gasteiger partial charge >= 0.3 is 0 Å². The lowest BCUT2D eigenvalue weighted by Gasteiger charge is -2.21. The van der Waals surface area contributed by atoms with Crippen molar-refractivity contribution < 1.29 is 9.15 Å². The third-order valence-corrected chi connectivity index (χ3v) is 4.32. The first-order valence-corrected chi connectivity index (χ1v) is 8.41. The van der Waals surface area contributed by atoms with Gasteiger partial charge in [-0.3, -0.25) is 9.89 Å². The van der Waals surface area contributed by atoms with Gasteiger partial charge in [0.2, 0.25) is 0 Å². The summed E-state index contributed by atoms with van der Waals surface area (Å²) >= 11 is 0. The molecule has 0 saturated carbocycles. The number of hydrogen-bond acceptors (Lipinski definition) is 6. The highest BCUT2D eigenvalue weighted by molar-refractivity contribution is 5.91. The highest BCUT2D eigenvalue weighted by atomic mass is 16.5. The Balaban J connectivity index is 1.84. The number of furan rings is 1. The van der Waals surface area contributed by atoms with Crippen molar-refractivity contribution in [3.63, 3.8) is 0 Å². The molecule has 0 aromatic carbocycles. The first-order valence-electron chi connectivity index (χ1n) is 8.41. The Morgan fingerprint density at radius 1 is 1.31 bits per heavy atom. The van der Waals surface area contributed by atoms with Crippen LogP contribution in [0.15, 0.2) is 45.9 Å². The Morgan fingerprint density at radius 2 is 2.19 bits per heavy atom. The van der Waals surface area contributed by atoms with Crippen LogP contribution in [0.3, 0.4) is 0 Å². The van der Waals surface area contributed by atoms with E-state index in [-0.39, 0.29) is 5.56 Å². The van der Waals surface area contributed by atoms with E-state index in [0.29, 0.717) is 23.7 Å². The Hall–Kier alpha value is -3.13. The van der Waals surface area contributed by atoms with Crippen LogP contribution in [-0.4, -0.2) is 46.4 Å². The molecule has 0 amide bonds. The third kappa shape index (κ3) is 2.74. The van der Waals surface area contributed by atoms with Crippen molar-refractivity contribution in [2.45, 2.75) is 6.92 Å². The van der Waals surface area contributed by atoms with Crippen LogP contribution in [0.5, 0.6) is 0 Å². The first kappa shape index (κ1) is 16.3. The molecular formula is C18H19N5O3. The van der Waals surface area contributed by atoms with E-state index in [9.17, 15) is 4.79 Å². The normalized spacial score (nSPS) is 11.5. The van der Waals surface area contributed by atoms with Crippen LogP contribution in [0, 0.1) is 0 Å². The van der Waals surface area contributed by atoms with Gasteiger partial charge in [0.15, 0.2) is 11.4 Å². The minimum Gasteiger partial charge on any atom is -0.454 e. The van der Waals surface area contributed by atoms with Gasteiger partial charge in [-0.15, -0.1) is 0 Å². The molecule has 4 aromatic rings. The number of anilines is 1. The number of fused-ring (bicyclic) bond motifs is 2. The fraction of sp³-hybridized carbons (Fsp3) is 0.278. The summed E-state index contributed by atoms with van der Waals surface area (Å²) in [7, 11) is 1.68. The number of methoxy groups -OCH3 is 1. The van der Waals surface area contributed by atoms with Crippen LogP contribution in [0.25, 0.3) is 28.1 Å². The van der Waals surface area contributed by atoms with Crippen molar-refractivity contribution >= 4 is 22.4 Å². The average molecular weight is 353 g/mol. The van der Waals surface area contributed by atoms with Gasteiger partial charge in [-0.25, -0.2) is 14.5 Å². The van der Waals surface area contributed by atoms with Gasteiger partial charge in [0, 0.05) is 32.5 Å². The molecule has 8 nitrogen and oxygen atoms in total. The first-order chi connectivity index (χ1) is 12.7. The molecule has 4 heterocycles. The SMILES string of the molecule is CCN(CCOC)c1nccc2oc(-c3cnc4ccc(=O)[nH]n34)cc12. The Kier molecular flexibility index (Phi) is 4.18. The second-order valence-corrected chi connectivity index (χ2v) is 5.88. The number of H-pyrrole nitrogens is 1. The molecule has 0 radical (unpaired) electrons. The molecule has 1 N–H and O–H groups in total. The highest BCUT2D eigenvalue weighted by Gasteiger charge is 2.17. The number of rotatable bonds is 6. The second kappa shape index (κ2) is 6.64. The number of ether oxygens (including phenoxy) is 1. The molecule has 4 aromatic heterocycles. The lowest BCUT2D eigenvalue weighted by molar-refractivity contribution is 0.205. The fourth-order valence-corrected chi connectivity index (χ4v) is 3.01. The van der Waals surface area contributed by atoms with Crippen LogP contribution in [0.4, 0.5) is 5.82 Å². The predicted molar refractivity (Wildman–Crippen MR) is 98.6 cm³/mol. The lowest BCUT2D eigenvalue weighted by atomic mass is 10.2. The zero-order chi connectivity index (χ0) is 18.1. The molecule has 26 heavy (non-hydrogen) atoms. The number of imidazole rings is 1. The summed E-state index contributed by atoms with van der Waals surface area (Å²) < 4.78 is 12.8. The zero-order valence-corrected chi connectivity index (χ0v) is 14.6.